The summed E-state index contributed by atoms with van der Waals surface area (Å²) in [5.41, 5.74) is 3.70. The summed E-state index contributed by atoms with van der Waals surface area (Å²) in [7, 11) is 2.77. The highest BCUT2D eigenvalue weighted by Gasteiger charge is 2.13. The lowest BCUT2D eigenvalue weighted by molar-refractivity contribution is -0.140. The number of H-pyrrole nitrogens is 1. The molecular weight excluding hydrogens is 294 g/mol. The van der Waals surface area contributed by atoms with Crippen molar-refractivity contribution in [3.63, 3.8) is 0 Å². The molecule has 0 bridgehead atoms. The van der Waals surface area contributed by atoms with Gasteiger partial charge in [0.05, 0.1) is 19.8 Å². The summed E-state index contributed by atoms with van der Waals surface area (Å²) in [6, 6.07) is 5.84. The van der Waals surface area contributed by atoms with Gasteiger partial charge in [0.15, 0.2) is 0 Å². The molecule has 0 fully saturated rings. The molecule has 0 spiro atoms. The van der Waals surface area contributed by atoms with E-state index in [1.165, 1.54) is 14.2 Å². The summed E-state index contributed by atoms with van der Waals surface area (Å²) in [5, 5.41) is 0.856. The summed E-state index contributed by atoms with van der Waals surface area (Å²) < 4.78 is 9.43. The highest BCUT2D eigenvalue weighted by molar-refractivity contribution is 6.04. The Morgan fingerprint density at radius 1 is 1.17 bits per heavy atom. The van der Waals surface area contributed by atoms with Crippen LogP contribution < -0.4 is 0 Å². The first kappa shape index (κ1) is 16.8. The topological polar surface area (TPSA) is 68.4 Å². The lowest BCUT2D eigenvalue weighted by Gasteiger charge is -2.03. The van der Waals surface area contributed by atoms with Gasteiger partial charge in [-0.05, 0) is 25.3 Å². The number of aromatic amines is 1. The van der Waals surface area contributed by atoms with Crippen molar-refractivity contribution in [3.05, 3.63) is 47.2 Å². The van der Waals surface area contributed by atoms with Crippen molar-refractivity contribution < 1.29 is 19.1 Å². The third-order valence-corrected chi connectivity index (χ3v) is 3.83. The second kappa shape index (κ2) is 7.63. The number of nitrogens with one attached hydrogen (secondary N) is 1. The number of carbonyl (C=O) groups is 2. The second-order valence-corrected chi connectivity index (χ2v) is 5.36. The summed E-state index contributed by atoms with van der Waals surface area (Å²) >= 11 is 0. The second-order valence-electron chi connectivity index (χ2n) is 5.36. The van der Waals surface area contributed by atoms with Gasteiger partial charge < -0.3 is 14.5 Å². The normalized spacial score (nSPS) is 11.5. The van der Waals surface area contributed by atoms with Gasteiger partial charge in [-0.1, -0.05) is 29.8 Å². The molecule has 1 aromatic carbocycles. The fourth-order valence-electron chi connectivity index (χ4n) is 2.45. The number of fused-ring (bicyclic) bond motifs is 1. The molecule has 0 radical (unpaired) electrons. The number of carbonyl (C=O) groups excluding carboxylic acids is 2. The average Bonchev–Trinajstić information content (AvgIpc) is 3.01. The molecule has 2 rings (SSSR count). The molecule has 0 atom stereocenters. The van der Waals surface area contributed by atoms with Crippen LogP contribution in [-0.2, 0) is 20.7 Å². The van der Waals surface area contributed by atoms with Crippen molar-refractivity contribution in [2.45, 2.75) is 26.2 Å². The van der Waals surface area contributed by atoms with Crippen molar-refractivity contribution in [2.24, 2.45) is 0 Å². The monoisotopic (exact) mass is 315 g/mol. The molecule has 0 unspecified atom stereocenters. The maximum atomic E-state index is 11.7. The molecule has 0 aliphatic carbocycles. The number of esters is 2. The van der Waals surface area contributed by atoms with Gasteiger partial charge in [-0.2, -0.15) is 0 Å². The molecule has 0 saturated heterocycles. The van der Waals surface area contributed by atoms with Gasteiger partial charge in [0, 0.05) is 23.5 Å². The molecule has 5 nitrogen and oxygen atoms in total. The molecule has 1 N–H and O–H groups in total. The molecule has 0 aliphatic rings. The van der Waals surface area contributed by atoms with E-state index in [0.717, 1.165) is 28.5 Å². The van der Waals surface area contributed by atoms with Crippen LogP contribution in [0.2, 0.25) is 0 Å². The number of ether oxygens (including phenoxy) is 2. The highest BCUT2D eigenvalue weighted by atomic mass is 16.5. The number of para-hydroxylation sites is 1. The molecule has 2 aromatic rings. The van der Waals surface area contributed by atoms with Gasteiger partial charge in [0.25, 0.3) is 0 Å². The van der Waals surface area contributed by atoms with Gasteiger partial charge in [0.1, 0.15) is 0 Å². The molecule has 122 valence electrons. The number of benzene rings is 1. The Hall–Kier alpha value is -2.56. The van der Waals surface area contributed by atoms with Crippen molar-refractivity contribution in [2.75, 3.05) is 14.2 Å². The van der Waals surface area contributed by atoms with Gasteiger partial charge >= 0.3 is 11.9 Å². The number of rotatable bonds is 6. The number of hydrogen-bond acceptors (Lipinski definition) is 4. The third-order valence-electron chi connectivity index (χ3n) is 3.83. The average molecular weight is 315 g/mol. The van der Waals surface area contributed by atoms with Crippen LogP contribution in [0.1, 0.15) is 35.7 Å². The van der Waals surface area contributed by atoms with Crippen LogP contribution in [0.3, 0.4) is 0 Å². The fourth-order valence-corrected chi connectivity index (χ4v) is 2.45. The van der Waals surface area contributed by atoms with E-state index in [4.69, 9.17) is 4.74 Å². The van der Waals surface area contributed by atoms with E-state index in [2.05, 4.69) is 15.8 Å². The van der Waals surface area contributed by atoms with Crippen LogP contribution >= 0.6 is 0 Å². The van der Waals surface area contributed by atoms with E-state index in [-0.39, 0.29) is 11.9 Å². The van der Waals surface area contributed by atoms with Crippen molar-refractivity contribution in [3.8, 4) is 0 Å². The van der Waals surface area contributed by atoms with E-state index in [1.54, 1.807) is 6.20 Å². The van der Waals surface area contributed by atoms with E-state index >= 15 is 0 Å². The Bertz CT molecular complexity index is 743. The molecular formula is C18H21NO4. The molecule has 23 heavy (non-hydrogen) atoms. The summed E-state index contributed by atoms with van der Waals surface area (Å²) in [5.74, 6) is -0.551. The Labute approximate surface area is 135 Å². The first-order valence-electron chi connectivity index (χ1n) is 7.46. The fraction of sp³-hybridized carbons (Fsp3) is 0.333. The van der Waals surface area contributed by atoms with Crippen LogP contribution in [0.15, 0.2) is 36.0 Å². The standard InChI is InChI=1S/C18H21NO4/c1-12(8-10-16(20)22-2)7-9-13-5-4-6-14-15(18(21)23-3)11-19-17(13)14/h4-7,11,19H,8-10H2,1-3H3/b12-7+. The van der Waals surface area contributed by atoms with E-state index in [1.807, 2.05) is 25.1 Å². The maximum absolute atomic E-state index is 11.7. The third kappa shape index (κ3) is 4.00. The molecule has 1 aromatic heterocycles. The summed E-state index contributed by atoms with van der Waals surface area (Å²) in [6.07, 6.45) is 5.56. The zero-order valence-electron chi connectivity index (χ0n) is 13.6. The smallest absolute Gasteiger partial charge is 0.340 e. The van der Waals surface area contributed by atoms with Crippen LogP contribution in [0.5, 0.6) is 0 Å². The van der Waals surface area contributed by atoms with Crippen molar-refractivity contribution >= 4 is 22.8 Å². The van der Waals surface area contributed by atoms with Crippen LogP contribution in [0.25, 0.3) is 10.9 Å². The Kier molecular flexibility index (Phi) is 5.57. The van der Waals surface area contributed by atoms with Crippen molar-refractivity contribution in [1.29, 1.82) is 0 Å². The van der Waals surface area contributed by atoms with Gasteiger partial charge in [-0.3, -0.25) is 4.79 Å². The lowest BCUT2D eigenvalue weighted by Crippen LogP contribution is -2.00. The van der Waals surface area contributed by atoms with Crippen LogP contribution in [0.4, 0.5) is 0 Å². The minimum absolute atomic E-state index is 0.202. The Balaban J connectivity index is 2.16. The number of allylic oxidation sites excluding steroid dienone is 2. The Morgan fingerprint density at radius 3 is 2.65 bits per heavy atom. The number of methoxy groups -OCH3 is 2. The summed E-state index contributed by atoms with van der Waals surface area (Å²) in [6.45, 7) is 2.00. The molecule has 0 aliphatic heterocycles. The Morgan fingerprint density at radius 2 is 1.96 bits per heavy atom. The quantitative estimate of drug-likeness (QED) is 0.655. The minimum Gasteiger partial charge on any atom is -0.469 e. The van der Waals surface area contributed by atoms with Gasteiger partial charge in [-0.25, -0.2) is 4.79 Å². The predicted octanol–water partition coefficient (Wildman–Crippen LogP) is 3.40. The molecule has 0 amide bonds. The molecule has 0 saturated carbocycles. The van der Waals surface area contributed by atoms with Crippen LogP contribution in [-0.4, -0.2) is 31.1 Å². The van der Waals surface area contributed by atoms with E-state index in [9.17, 15) is 9.59 Å². The van der Waals surface area contributed by atoms with Gasteiger partial charge in [-0.15, -0.1) is 0 Å². The highest BCUT2D eigenvalue weighted by Crippen LogP contribution is 2.23. The first-order chi connectivity index (χ1) is 11.1. The maximum Gasteiger partial charge on any atom is 0.340 e. The lowest BCUT2D eigenvalue weighted by atomic mass is 10.0. The van der Waals surface area contributed by atoms with E-state index in [0.29, 0.717) is 18.4 Å². The van der Waals surface area contributed by atoms with E-state index < -0.39 is 0 Å². The zero-order valence-corrected chi connectivity index (χ0v) is 13.6. The zero-order chi connectivity index (χ0) is 16.8. The van der Waals surface area contributed by atoms with Crippen molar-refractivity contribution in [1.82, 2.24) is 4.98 Å². The van der Waals surface area contributed by atoms with Crippen LogP contribution in [0, 0.1) is 0 Å². The summed E-state index contributed by atoms with van der Waals surface area (Å²) in [4.78, 5) is 26.1. The molecule has 1 heterocycles. The minimum atomic E-state index is -0.349. The number of aromatic nitrogens is 1. The van der Waals surface area contributed by atoms with Gasteiger partial charge in [0.2, 0.25) is 0 Å². The SMILES string of the molecule is COC(=O)CC/C(C)=C/Cc1cccc2c(C(=O)OC)c[nH]c12. The largest absolute Gasteiger partial charge is 0.469 e. The molecule has 5 heteroatoms. The number of hydrogen-bond donors (Lipinski definition) is 1. The first-order valence-corrected chi connectivity index (χ1v) is 7.46. The predicted molar refractivity (Wildman–Crippen MR) is 88.3 cm³/mol.